The molecule has 2 heterocycles. The van der Waals surface area contributed by atoms with Gasteiger partial charge in [0.1, 0.15) is 0 Å². The van der Waals surface area contributed by atoms with Crippen molar-refractivity contribution >= 4 is 63.4 Å². The first-order chi connectivity index (χ1) is 31.0. The zero-order valence-corrected chi connectivity index (χ0v) is 38.8. The van der Waals surface area contributed by atoms with Crippen molar-refractivity contribution in [3.05, 3.63) is 137 Å². The molecule has 0 aliphatic carbocycles. The highest BCUT2D eigenvalue weighted by molar-refractivity contribution is 7.99. The summed E-state index contributed by atoms with van der Waals surface area (Å²) in [6.07, 6.45) is 4.24. The molecule has 7 nitrogen and oxygen atoms in total. The number of carbonyl (C=O) groups is 1. The molecule has 2 N–H and O–H groups in total. The number of rotatable bonds is 19. The molecule has 2 aliphatic rings. The topological polar surface area (TPSA) is 67.9 Å². The molecule has 2 aliphatic heterocycles. The average Bonchev–Trinajstić information content (AvgIpc) is 3.32. The molecule has 0 radical (unpaired) electrons. The van der Waals surface area contributed by atoms with E-state index in [0.29, 0.717) is 35.0 Å². The van der Waals surface area contributed by atoms with Gasteiger partial charge < -0.3 is 20.0 Å². The van der Waals surface area contributed by atoms with E-state index >= 15 is 0 Å². The molecule has 0 bridgehead atoms. The number of piperidine rings is 1. The van der Waals surface area contributed by atoms with Crippen LogP contribution in [0.15, 0.2) is 136 Å². The van der Waals surface area contributed by atoms with Crippen LogP contribution in [0.5, 0.6) is 0 Å². The number of anilines is 2. The van der Waals surface area contributed by atoms with E-state index in [-0.39, 0.29) is 23.3 Å². The van der Waals surface area contributed by atoms with Crippen molar-refractivity contribution < 1.29 is 26.6 Å². The molecule has 0 aromatic heterocycles. The van der Waals surface area contributed by atoms with E-state index in [0.717, 1.165) is 105 Å². The highest BCUT2D eigenvalue weighted by atomic mass is 35.5. The monoisotopic (exact) mass is 951 g/mol. The van der Waals surface area contributed by atoms with Crippen LogP contribution in [0.3, 0.4) is 0 Å². The Morgan fingerprint density at radius 2 is 1.47 bits per heavy atom. The number of benzene rings is 5. The van der Waals surface area contributed by atoms with Gasteiger partial charge in [0.25, 0.3) is 5.91 Å². The number of alkyl halides is 4. The summed E-state index contributed by atoms with van der Waals surface area (Å²) in [6, 6.07) is 37.9. The minimum atomic E-state index is -4.99. The van der Waals surface area contributed by atoms with Gasteiger partial charge in [-0.3, -0.25) is 13.9 Å². The summed E-state index contributed by atoms with van der Waals surface area (Å²) in [6.45, 7) is 6.27. The largest absolute Gasteiger partial charge is 0.475 e. The highest BCUT2D eigenvalue weighted by Crippen LogP contribution is 2.35. The average molecular weight is 953 g/mol. The first-order valence-corrected chi connectivity index (χ1v) is 25.1. The van der Waals surface area contributed by atoms with Crippen LogP contribution < -0.4 is 14.9 Å². The highest BCUT2D eigenvalue weighted by Gasteiger charge is 2.39. The van der Waals surface area contributed by atoms with Crippen LogP contribution in [0, 0.1) is 5.92 Å². The zero-order chi connectivity index (χ0) is 44.9. The normalized spacial score (nSPS) is 16.4. The van der Waals surface area contributed by atoms with Gasteiger partial charge in [0.2, 0.25) is 0 Å². The van der Waals surface area contributed by atoms with Crippen molar-refractivity contribution in [3.63, 3.8) is 0 Å². The summed E-state index contributed by atoms with van der Waals surface area (Å²) in [7, 11) is -3.32. The lowest BCUT2D eigenvalue weighted by Gasteiger charge is -2.35. The molecule has 2 atom stereocenters. The number of halogens is 5. The van der Waals surface area contributed by atoms with E-state index in [4.69, 9.17) is 11.6 Å². The predicted molar refractivity (Wildman–Crippen MR) is 257 cm³/mol. The number of nitrogens with zero attached hydrogens (tertiary/aromatic N) is 3. The van der Waals surface area contributed by atoms with Crippen LogP contribution in [0.25, 0.3) is 11.1 Å². The summed E-state index contributed by atoms with van der Waals surface area (Å²) < 4.78 is 70.8. The molecule has 2 unspecified atom stereocenters. The molecule has 340 valence electrons. The van der Waals surface area contributed by atoms with E-state index in [1.165, 1.54) is 23.3 Å². The summed E-state index contributed by atoms with van der Waals surface area (Å²) >= 11 is 8.63. The molecule has 2 saturated heterocycles. The number of amides is 1. The zero-order valence-electron chi connectivity index (χ0n) is 35.6. The molecule has 1 amide bonds. The Bertz CT molecular complexity index is 2280. The second kappa shape index (κ2) is 23.4. The molecule has 2 fully saturated rings. The van der Waals surface area contributed by atoms with Crippen molar-refractivity contribution in [1.29, 1.82) is 0 Å². The van der Waals surface area contributed by atoms with Crippen LogP contribution in [0.1, 0.15) is 41.6 Å². The summed E-state index contributed by atoms with van der Waals surface area (Å²) in [5.74, 6) is 0.725. The third-order valence-electron chi connectivity index (χ3n) is 11.8. The fourth-order valence-electron chi connectivity index (χ4n) is 8.26. The van der Waals surface area contributed by atoms with E-state index in [9.17, 15) is 26.6 Å². The minimum absolute atomic E-state index is 0.142. The number of hydrogen-bond donors (Lipinski definition) is 2. The standard InChI is InChI=1S/C49H54ClF4N5O2S3/c50-40-15-11-37(12-16-40)45-10-5-4-7-39(45)33-36-21-27-59(28-22-36)42-17-13-38(14-18-42)48(60)56-63-44-19-20-46(47(34-44)64(61)49(52,53)54)55-41(35-62-43-8-2-1-3-9-43)23-26-58-31-29-57(30-32-58)25-6-24-51/h1-5,7-20,34,36,41,55H,6,21-33,35H2,(H,56,60). The lowest BCUT2D eigenvalue weighted by molar-refractivity contribution is -0.0384. The second-order valence-electron chi connectivity index (χ2n) is 16.2. The van der Waals surface area contributed by atoms with Crippen LogP contribution in [0.2, 0.25) is 5.02 Å². The fourth-order valence-corrected chi connectivity index (χ4v) is 10.9. The van der Waals surface area contributed by atoms with Crippen molar-refractivity contribution in [1.82, 2.24) is 14.5 Å². The Kier molecular flexibility index (Phi) is 17.5. The van der Waals surface area contributed by atoms with E-state index < -0.39 is 22.2 Å². The molecular weight excluding hydrogens is 898 g/mol. The lowest BCUT2D eigenvalue weighted by atomic mass is 9.87. The van der Waals surface area contributed by atoms with Gasteiger partial charge >= 0.3 is 5.51 Å². The van der Waals surface area contributed by atoms with Gasteiger partial charge in [-0.1, -0.05) is 66.2 Å². The maximum Gasteiger partial charge on any atom is 0.475 e. The Labute approximate surface area is 390 Å². The fraction of sp³-hybridized carbons (Fsp3) is 0.367. The third-order valence-corrected chi connectivity index (χ3v) is 15.2. The number of piperazine rings is 1. The molecule has 64 heavy (non-hydrogen) atoms. The summed E-state index contributed by atoms with van der Waals surface area (Å²) in [5.41, 5.74) is 0.326. The molecular formula is C49H54ClF4N5O2S3. The van der Waals surface area contributed by atoms with E-state index in [2.05, 4.69) is 61.1 Å². The quantitative estimate of drug-likeness (QED) is 0.0482. The number of carbonyl (C=O) groups excluding carboxylic acids is 1. The summed E-state index contributed by atoms with van der Waals surface area (Å²) in [4.78, 5) is 21.2. The van der Waals surface area contributed by atoms with Crippen molar-refractivity contribution in [3.8, 4) is 11.1 Å². The maximum absolute atomic E-state index is 14.1. The van der Waals surface area contributed by atoms with Crippen LogP contribution >= 0.6 is 35.3 Å². The van der Waals surface area contributed by atoms with Gasteiger partial charge in [0.15, 0.2) is 10.8 Å². The van der Waals surface area contributed by atoms with Crippen molar-refractivity contribution in [2.45, 2.75) is 58.3 Å². The molecule has 15 heteroatoms. The van der Waals surface area contributed by atoms with Gasteiger partial charge in [-0.15, -0.1) is 11.8 Å². The molecule has 0 saturated carbocycles. The van der Waals surface area contributed by atoms with Crippen molar-refractivity contribution in [2.75, 3.05) is 75.0 Å². The first-order valence-electron chi connectivity index (χ1n) is 21.8. The molecule has 5 aromatic carbocycles. The predicted octanol–water partition coefficient (Wildman–Crippen LogP) is 11.5. The van der Waals surface area contributed by atoms with Crippen molar-refractivity contribution in [2.24, 2.45) is 5.92 Å². The summed E-state index contributed by atoms with van der Waals surface area (Å²) in [5, 5.41) is 4.04. The Hall–Kier alpha value is -4.05. The first kappa shape index (κ1) is 47.9. The van der Waals surface area contributed by atoms with E-state index in [1.807, 2.05) is 54.6 Å². The van der Waals surface area contributed by atoms with Crippen LogP contribution in [-0.2, 0) is 17.2 Å². The van der Waals surface area contributed by atoms with Gasteiger partial charge in [0.05, 0.1) is 17.3 Å². The van der Waals surface area contributed by atoms with Gasteiger partial charge in [-0.05, 0) is 133 Å². The Morgan fingerprint density at radius 3 is 2.16 bits per heavy atom. The Balaban J connectivity index is 0.948. The SMILES string of the molecule is O=C(NSc1ccc(NC(CCN2CCN(CCCF)CC2)CSc2ccccc2)c(S(=O)C(F)(F)F)c1)c1ccc(N2CCC(Cc3ccccc3-c3ccc(Cl)cc3)CC2)cc1. The maximum atomic E-state index is 14.1. The number of thioether (sulfide) groups is 1. The smallest absolute Gasteiger partial charge is 0.380 e. The molecule has 0 spiro atoms. The van der Waals surface area contributed by atoms with Crippen LogP contribution in [-0.4, -0.2) is 96.3 Å². The number of nitrogens with one attached hydrogen (secondary N) is 2. The van der Waals surface area contributed by atoms with Gasteiger partial charge in [0, 0.05) is 90.2 Å². The van der Waals surface area contributed by atoms with Gasteiger partial charge in [-0.2, -0.15) is 13.2 Å². The van der Waals surface area contributed by atoms with E-state index in [1.54, 1.807) is 30.0 Å². The lowest BCUT2D eigenvalue weighted by Crippen LogP contribution is -2.47. The third kappa shape index (κ3) is 13.7. The van der Waals surface area contributed by atoms with Gasteiger partial charge in [-0.25, -0.2) is 4.21 Å². The molecule has 7 rings (SSSR count). The molecule has 5 aromatic rings. The second-order valence-corrected chi connectivity index (χ2v) is 20.1. The van der Waals surface area contributed by atoms with Crippen LogP contribution in [0.4, 0.5) is 28.9 Å². The Morgan fingerprint density at radius 1 is 0.797 bits per heavy atom. The minimum Gasteiger partial charge on any atom is -0.380 e. The number of hydrogen-bond acceptors (Lipinski definition) is 8.